The molecule has 1 saturated carbocycles. The van der Waals surface area contributed by atoms with Crippen molar-refractivity contribution < 1.29 is 12.8 Å². The van der Waals surface area contributed by atoms with E-state index in [1.54, 1.807) is 0 Å². The number of rotatable bonds is 7. The van der Waals surface area contributed by atoms with Gasteiger partial charge in [0.05, 0.1) is 5.75 Å². The molecule has 10 nitrogen and oxygen atoms in total. The van der Waals surface area contributed by atoms with Gasteiger partial charge >= 0.3 is 0 Å². The van der Waals surface area contributed by atoms with E-state index in [1.807, 2.05) is 4.90 Å². The molecule has 1 aliphatic carbocycles. The molecule has 154 valence electrons. The van der Waals surface area contributed by atoms with Crippen LogP contribution in [0.4, 0.5) is 16.3 Å². The molecule has 28 heavy (non-hydrogen) atoms. The number of anilines is 2. The van der Waals surface area contributed by atoms with E-state index in [2.05, 4.69) is 30.4 Å². The van der Waals surface area contributed by atoms with Crippen LogP contribution in [0.2, 0.25) is 0 Å². The molecule has 0 aromatic carbocycles. The van der Waals surface area contributed by atoms with Crippen LogP contribution in [0.5, 0.6) is 0 Å². The van der Waals surface area contributed by atoms with Crippen molar-refractivity contribution in [1.82, 2.24) is 29.6 Å². The van der Waals surface area contributed by atoms with Crippen molar-refractivity contribution >= 4 is 27.6 Å². The second-order valence-electron chi connectivity index (χ2n) is 7.17. The van der Waals surface area contributed by atoms with Gasteiger partial charge in [0.1, 0.15) is 0 Å². The molecule has 12 heteroatoms. The van der Waals surface area contributed by atoms with Gasteiger partial charge < -0.3 is 15.5 Å². The maximum atomic E-state index is 13.7. The summed E-state index contributed by atoms with van der Waals surface area (Å²) >= 11 is 0. The van der Waals surface area contributed by atoms with E-state index in [4.69, 9.17) is 0 Å². The molecule has 0 radical (unpaired) electrons. The Kier molecular flexibility index (Phi) is 5.60. The molecule has 2 fully saturated rings. The highest BCUT2D eigenvalue weighted by Crippen LogP contribution is 2.19. The lowest BCUT2D eigenvalue weighted by atomic mass is 10.3. The molecule has 2 aliphatic rings. The van der Waals surface area contributed by atoms with Crippen molar-refractivity contribution in [3.63, 3.8) is 0 Å². The first kappa shape index (κ1) is 19.3. The SMILES string of the molecule is O=S(=O)(CCNc1nc(N2CCNCC2)nc2cc(F)nn12)NC1CCCC1. The molecule has 3 N–H and O–H groups in total. The minimum atomic E-state index is -3.39. The largest absolute Gasteiger partial charge is 0.353 e. The van der Waals surface area contributed by atoms with Crippen LogP contribution in [0.3, 0.4) is 0 Å². The third-order valence-electron chi connectivity index (χ3n) is 5.04. The number of halogens is 1. The molecular weight excluding hydrogens is 387 g/mol. The van der Waals surface area contributed by atoms with Crippen LogP contribution in [0.15, 0.2) is 6.07 Å². The van der Waals surface area contributed by atoms with E-state index in [-0.39, 0.29) is 24.3 Å². The Balaban J connectivity index is 1.47. The topological polar surface area (TPSA) is 117 Å². The van der Waals surface area contributed by atoms with Crippen molar-refractivity contribution in [2.75, 3.05) is 48.7 Å². The molecule has 2 aromatic heterocycles. The number of nitrogens with zero attached hydrogens (tertiary/aromatic N) is 5. The van der Waals surface area contributed by atoms with Crippen molar-refractivity contribution in [2.24, 2.45) is 0 Å². The van der Waals surface area contributed by atoms with E-state index >= 15 is 0 Å². The summed E-state index contributed by atoms with van der Waals surface area (Å²) in [6.45, 7) is 3.25. The number of nitrogens with one attached hydrogen (secondary N) is 3. The maximum Gasteiger partial charge on any atom is 0.235 e. The quantitative estimate of drug-likeness (QED) is 0.580. The van der Waals surface area contributed by atoms with Gasteiger partial charge in [0.25, 0.3) is 0 Å². The minimum absolute atomic E-state index is 0.0373. The fourth-order valence-corrected chi connectivity index (χ4v) is 4.85. The molecule has 1 aliphatic heterocycles. The molecule has 0 bridgehead atoms. The average Bonchev–Trinajstić information content (AvgIpc) is 3.30. The fourth-order valence-electron chi connectivity index (χ4n) is 3.62. The lowest BCUT2D eigenvalue weighted by molar-refractivity contribution is 0.552. The van der Waals surface area contributed by atoms with Crippen molar-refractivity contribution in [2.45, 2.75) is 31.7 Å². The van der Waals surface area contributed by atoms with Gasteiger partial charge in [-0.3, -0.25) is 0 Å². The van der Waals surface area contributed by atoms with E-state index in [0.717, 1.165) is 51.9 Å². The maximum absolute atomic E-state index is 13.7. The minimum Gasteiger partial charge on any atom is -0.353 e. The summed E-state index contributed by atoms with van der Waals surface area (Å²) < 4.78 is 42.2. The van der Waals surface area contributed by atoms with E-state index in [9.17, 15) is 12.8 Å². The Morgan fingerprint density at radius 2 is 1.96 bits per heavy atom. The van der Waals surface area contributed by atoms with E-state index in [0.29, 0.717) is 11.6 Å². The van der Waals surface area contributed by atoms with Gasteiger partial charge in [-0.2, -0.15) is 18.9 Å². The summed E-state index contributed by atoms with van der Waals surface area (Å²) in [5.74, 6) is -0.00555. The van der Waals surface area contributed by atoms with E-state index in [1.165, 1.54) is 10.6 Å². The number of hydrogen-bond donors (Lipinski definition) is 3. The second-order valence-corrected chi connectivity index (χ2v) is 9.04. The third-order valence-corrected chi connectivity index (χ3v) is 6.47. The van der Waals surface area contributed by atoms with Gasteiger partial charge in [-0.1, -0.05) is 12.8 Å². The average molecular weight is 412 g/mol. The molecular formula is C16H25FN8O2S. The summed E-state index contributed by atoms with van der Waals surface area (Å²) in [7, 11) is -3.39. The monoisotopic (exact) mass is 412 g/mol. The summed E-state index contributed by atoms with van der Waals surface area (Å²) in [6.07, 6.45) is 3.90. The van der Waals surface area contributed by atoms with Crippen LogP contribution < -0.4 is 20.3 Å². The van der Waals surface area contributed by atoms with Gasteiger partial charge in [0.2, 0.25) is 27.9 Å². The standard InChI is InChI=1S/C16H25FN8O2S/c17-13-11-14-20-16(24-8-5-18-6-9-24)21-15(25(14)22-13)19-7-10-28(26,27)23-12-3-1-2-4-12/h11-12,18,23H,1-10H2,(H,19,20,21). The van der Waals surface area contributed by atoms with Crippen LogP contribution in [0, 0.1) is 5.95 Å². The van der Waals surface area contributed by atoms with Crippen LogP contribution in [-0.2, 0) is 10.0 Å². The Morgan fingerprint density at radius 3 is 2.71 bits per heavy atom. The number of sulfonamides is 1. The second kappa shape index (κ2) is 8.13. The van der Waals surface area contributed by atoms with Crippen LogP contribution in [0.1, 0.15) is 25.7 Å². The molecule has 4 rings (SSSR count). The first-order valence-electron chi connectivity index (χ1n) is 9.63. The lowest BCUT2D eigenvalue weighted by Crippen LogP contribution is -2.44. The molecule has 3 heterocycles. The van der Waals surface area contributed by atoms with Gasteiger partial charge in [-0.25, -0.2) is 13.1 Å². The van der Waals surface area contributed by atoms with Crippen LogP contribution in [-0.4, -0.2) is 72.5 Å². The molecule has 0 unspecified atom stereocenters. The van der Waals surface area contributed by atoms with E-state index < -0.39 is 16.0 Å². The molecule has 0 spiro atoms. The predicted octanol–water partition coefficient (Wildman–Crippen LogP) is -0.0531. The molecule has 0 atom stereocenters. The van der Waals surface area contributed by atoms with Gasteiger partial charge in [-0.05, 0) is 12.8 Å². The number of fused-ring (bicyclic) bond motifs is 1. The van der Waals surface area contributed by atoms with Gasteiger partial charge in [0, 0.05) is 44.8 Å². The Morgan fingerprint density at radius 1 is 1.21 bits per heavy atom. The highest BCUT2D eigenvalue weighted by Gasteiger charge is 2.22. The van der Waals surface area contributed by atoms with Crippen molar-refractivity contribution in [3.8, 4) is 0 Å². The highest BCUT2D eigenvalue weighted by molar-refractivity contribution is 7.89. The smallest absolute Gasteiger partial charge is 0.235 e. The van der Waals surface area contributed by atoms with Gasteiger partial charge in [-0.15, -0.1) is 5.10 Å². The summed E-state index contributed by atoms with van der Waals surface area (Å²) in [5, 5.41) is 10.0. The zero-order valence-corrected chi connectivity index (χ0v) is 16.4. The van der Waals surface area contributed by atoms with Crippen molar-refractivity contribution in [3.05, 3.63) is 12.0 Å². The predicted molar refractivity (Wildman–Crippen MR) is 103 cm³/mol. The zero-order chi connectivity index (χ0) is 19.6. The summed E-state index contributed by atoms with van der Waals surface area (Å²) in [4.78, 5) is 10.8. The normalized spacial score (nSPS) is 18.8. The Labute approximate surface area is 163 Å². The molecule has 1 saturated heterocycles. The highest BCUT2D eigenvalue weighted by atomic mass is 32.2. The van der Waals surface area contributed by atoms with Crippen LogP contribution >= 0.6 is 0 Å². The first-order chi connectivity index (χ1) is 13.5. The van der Waals surface area contributed by atoms with Crippen molar-refractivity contribution in [1.29, 1.82) is 0 Å². The first-order valence-corrected chi connectivity index (χ1v) is 11.3. The molecule has 0 amide bonds. The zero-order valence-electron chi connectivity index (χ0n) is 15.6. The number of hydrogen-bond acceptors (Lipinski definition) is 8. The fraction of sp³-hybridized carbons (Fsp3) is 0.688. The Bertz CT molecular complexity index is 922. The number of aromatic nitrogens is 4. The summed E-state index contributed by atoms with van der Waals surface area (Å²) in [6, 6.07) is 1.27. The van der Waals surface area contributed by atoms with Crippen LogP contribution in [0.25, 0.3) is 5.65 Å². The Hall–Kier alpha value is -2.05. The van der Waals surface area contributed by atoms with Gasteiger partial charge in [0.15, 0.2) is 5.65 Å². The number of piperazine rings is 1. The third kappa shape index (κ3) is 4.50. The lowest BCUT2D eigenvalue weighted by Gasteiger charge is -2.27. The molecule has 2 aromatic rings. The summed E-state index contributed by atoms with van der Waals surface area (Å²) in [5.41, 5.74) is 0.329.